The van der Waals surface area contributed by atoms with Crippen molar-refractivity contribution in [1.82, 2.24) is 4.90 Å². The number of hydrogen-bond acceptors (Lipinski definition) is 3. The van der Waals surface area contributed by atoms with Crippen LogP contribution in [0.2, 0.25) is 4.34 Å². The van der Waals surface area contributed by atoms with Crippen molar-refractivity contribution in [2.45, 2.75) is 13.3 Å². The molecule has 0 unspecified atom stereocenters. The van der Waals surface area contributed by atoms with Crippen molar-refractivity contribution in [3.8, 4) is 0 Å². The third-order valence-corrected chi connectivity index (χ3v) is 3.31. The summed E-state index contributed by atoms with van der Waals surface area (Å²) in [6.45, 7) is 2.05. The van der Waals surface area contributed by atoms with Gasteiger partial charge < -0.3 is 10.0 Å². The average Bonchev–Trinajstić information content (AvgIpc) is 2.71. The molecule has 1 amide bonds. The van der Waals surface area contributed by atoms with Crippen molar-refractivity contribution >= 4 is 40.9 Å². The van der Waals surface area contributed by atoms with E-state index in [2.05, 4.69) is 0 Å². The lowest BCUT2D eigenvalue weighted by atomic mass is 10.3. The van der Waals surface area contributed by atoms with E-state index >= 15 is 0 Å². The maximum Gasteiger partial charge on any atom is 0.323 e. The molecular formula is C12H14ClNO3S. The van der Waals surface area contributed by atoms with Gasteiger partial charge in [0, 0.05) is 17.5 Å². The normalized spacial score (nSPS) is 10.8. The third-order valence-electron chi connectivity index (χ3n) is 2.12. The summed E-state index contributed by atoms with van der Waals surface area (Å²) in [5.74, 6) is -1.31. The number of carboxylic acids is 1. The smallest absolute Gasteiger partial charge is 0.323 e. The minimum absolute atomic E-state index is 0.276. The van der Waals surface area contributed by atoms with Gasteiger partial charge >= 0.3 is 5.97 Å². The first-order valence-corrected chi connectivity index (χ1v) is 6.66. The summed E-state index contributed by atoms with van der Waals surface area (Å²) < 4.78 is 0.651. The molecule has 18 heavy (non-hydrogen) atoms. The summed E-state index contributed by atoms with van der Waals surface area (Å²) in [5, 5.41) is 8.71. The van der Waals surface area contributed by atoms with Crippen molar-refractivity contribution < 1.29 is 14.7 Å². The molecule has 0 bridgehead atoms. The molecule has 6 heteroatoms. The van der Waals surface area contributed by atoms with Crippen molar-refractivity contribution in [3.05, 3.63) is 27.4 Å². The zero-order chi connectivity index (χ0) is 13.5. The Labute approximate surface area is 114 Å². The van der Waals surface area contributed by atoms with Crippen LogP contribution in [0.3, 0.4) is 0 Å². The highest BCUT2D eigenvalue weighted by molar-refractivity contribution is 7.17. The van der Waals surface area contributed by atoms with Crippen molar-refractivity contribution in [2.75, 3.05) is 13.1 Å². The van der Waals surface area contributed by atoms with Gasteiger partial charge in [-0.2, -0.15) is 0 Å². The van der Waals surface area contributed by atoms with E-state index in [9.17, 15) is 9.59 Å². The standard InChI is InChI=1S/C12H14ClNO3S/c1-2-7-14(8-12(16)17)11(15)6-4-9-3-5-10(13)18-9/h3-6H,2,7-8H2,1H3,(H,16,17)/b6-4+. The zero-order valence-electron chi connectivity index (χ0n) is 9.93. The molecule has 98 valence electrons. The number of thiophene rings is 1. The molecule has 0 aromatic carbocycles. The molecule has 1 aromatic rings. The second-order valence-corrected chi connectivity index (χ2v) is 5.38. The lowest BCUT2D eigenvalue weighted by Gasteiger charge is -2.17. The summed E-state index contributed by atoms with van der Waals surface area (Å²) in [5.41, 5.74) is 0. The maximum atomic E-state index is 11.8. The highest BCUT2D eigenvalue weighted by atomic mass is 35.5. The first-order valence-electron chi connectivity index (χ1n) is 5.47. The Morgan fingerprint density at radius 3 is 2.72 bits per heavy atom. The molecule has 0 fully saturated rings. The highest BCUT2D eigenvalue weighted by Crippen LogP contribution is 2.22. The average molecular weight is 288 g/mol. The summed E-state index contributed by atoms with van der Waals surface area (Å²) in [7, 11) is 0. The molecule has 0 saturated heterocycles. The predicted molar refractivity (Wildman–Crippen MR) is 72.9 cm³/mol. The number of carboxylic acid groups (broad SMARTS) is 1. The predicted octanol–water partition coefficient (Wildman–Crippen LogP) is 2.74. The molecule has 0 aliphatic heterocycles. The van der Waals surface area contributed by atoms with Crippen LogP contribution in [0.15, 0.2) is 18.2 Å². The van der Waals surface area contributed by atoms with Crippen LogP contribution in [-0.4, -0.2) is 35.0 Å². The first-order chi connectivity index (χ1) is 8.52. The first kappa shape index (κ1) is 14.7. The fourth-order valence-electron chi connectivity index (χ4n) is 1.38. The van der Waals surface area contributed by atoms with Crippen LogP contribution in [-0.2, 0) is 9.59 Å². The van der Waals surface area contributed by atoms with Gasteiger partial charge in [-0.05, 0) is 24.6 Å². The number of carbonyl (C=O) groups excluding carboxylic acids is 1. The molecule has 0 spiro atoms. The topological polar surface area (TPSA) is 57.6 Å². The highest BCUT2D eigenvalue weighted by Gasteiger charge is 2.13. The Bertz CT molecular complexity index is 456. The van der Waals surface area contributed by atoms with Gasteiger partial charge in [0.25, 0.3) is 0 Å². The molecule has 1 heterocycles. The van der Waals surface area contributed by atoms with Crippen LogP contribution in [0.1, 0.15) is 18.2 Å². The lowest BCUT2D eigenvalue weighted by Crippen LogP contribution is -2.35. The van der Waals surface area contributed by atoms with E-state index < -0.39 is 5.97 Å². The van der Waals surface area contributed by atoms with Crippen LogP contribution in [0.25, 0.3) is 6.08 Å². The van der Waals surface area contributed by atoms with Crippen molar-refractivity contribution in [2.24, 2.45) is 0 Å². The van der Waals surface area contributed by atoms with E-state index in [-0.39, 0.29) is 12.5 Å². The minimum atomic E-state index is -1.01. The Morgan fingerprint density at radius 1 is 1.50 bits per heavy atom. The second-order valence-electron chi connectivity index (χ2n) is 3.63. The fraction of sp³-hybridized carbons (Fsp3) is 0.333. The van der Waals surface area contributed by atoms with E-state index in [1.807, 2.05) is 6.92 Å². The van der Waals surface area contributed by atoms with Gasteiger partial charge in [-0.1, -0.05) is 18.5 Å². The molecule has 1 rings (SSSR count). The van der Waals surface area contributed by atoms with E-state index in [1.165, 1.54) is 22.3 Å². The van der Waals surface area contributed by atoms with Gasteiger partial charge in [0.2, 0.25) is 5.91 Å². The van der Waals surface area contributed by atoms with Crippen LogP contribution < -0.4 is 0 Å². The van der Waals surface area contributed by atoms with Gasteiger partial charge in [-0.15, -0.1) is 11.3 Å². The minimum Gasteiger partial charge on any atom is -0.480 e. The van der Waals surface area contributed by atoms with Gasteiger partial charge in [0.15, 0.2) is 0 Å². The molecular weight excluding hydrogens is 274 g/mol. The number of nitrogens with zero attached hydrogens (tertiary/aromatic N) is 1. The van der Waals surface area contributed by atoms with Gasteiger partial charge in [-0.3, -0.25) is 9.59 Å². The molecule has 0 radical (unpaired) electrons. The number of hydrogen-bond donors (Lipinski definition) is 1. The van der Waals surface area contributed by atoms with E-state index in [0.717, 1.165) is 11.3 Å². The maximum absolute atomic E-state index is 11.8. The molecule has 4 nitrogen and oxygen atoms in total. The summed E-state index contributed by atoms with van der Waals surface area (Å²) in [6.07, 6.45) is 3.74. The quantitative estimate of drug-likeness (QED) is 0.819. The fourth-order valence-corrected chi connectivity index (χ4v) is 2.34. The number of amides is 1. The Balaban J connectivity index is 2.65. The second kappa shape index (κ2) is 7.18. The van der Waals surface area contributed by atoms with Gasteiger partial charge in [0.05, 0.1) is 4.34 Å². The summed E-state index contributed by atoms with van der Waals surface area (Å²) in [4.78, 5) is 24.6. The zero-order valence-corrected chi connectivity index (χ0v) is 11.5. The molecule has 1 N–H and O–H groups in total. The molecule has 1 aromatic heterocycles. The molecule has 0 atom stereocenters. The van der Waals surface area contributed by atoms with Crippen LogP contribution in [0, 0.1) is 0 Å². The number of rotatable bonds is 6. The van der Waals surface area contributed by atoms with E-state index in [0.29, 0.717) is 10.9 Å². The Kier molecular flexibility index (Phi) is 5.88. The largest absolute Gasteiger partial charge is 0.480 e. The number of halogens is 1. The lowest BCUT2D eigenvalue weighted by molar-refractivity contribution is -0.142. The molecule has 0 aliphatic carbocycles. The monoisotopic (exact) mass is 287 g/mol. The Morgan fingerprint density at radius 2 is 2.22 bits per heavy atom. The van der Waals surface area contributed by atoms with Crippen LogP contribution >= 0.6 is 22.9 Å². The third kappa shape index (κ3) is 4.89. The van der Waals surface area contributed by atoms with Crippen LogP contribution in [0.4, 0.5) is 0 Å². The van der Waals surface area contributed by atoms with Crippen molar-refractivity contribution in [1.29, 1.82) is 0 Å². The molecule has 0 aliphatic rings. The van der Waals surface area contributed by atoms with E-state index in [4.69, 9.17) is 16.7 Å². The number of aliphatic carboxylic acids is 1. The summed E-state index contributed by atoms with van der Waals surface area (Å²) >= 11 is 7.13. The van der Waals surface area contributed by atoms with Gasteiger partial charge in [-0.25, -0.2) is 0 Å². The van der Waals surface area contributed by atoms with Gasteiger partial charge in [0.1, 0.15) is 6.54 Å². The van der Waals surface area contributed by atoms with E-state index in [1.54, 1.807) is 18.2 Å². The van der Waals surface area contributed by atoms with Crippen LogP contribution in [0.5, 0.6) is 0 Å². The SMILES string of the molecule is CCCN(CC(=O)O)C(=O)/C=C/c1ccc(Cl)s1. The summed E-state index contributed by atoms with van der Waals surface area (Å²) in [6, 6.07) is 3.55. The van der Waals surface area contributed by atoms with Crippen molar-refractivity contribution in [3.63, 3.8) is 0 Å². The Hall–Kier alpha value is -1.33. The molecule has 0 saturated carbocycles. The number of carbonyl (C=O) groups is 2.